The number of nitrogens with zero attached hydrogens (tertiary/aromatic N) is 4. The number of hydrogen-bond acceptors (Lipinski definition) is 9. The van der Waals surface area contributed by atoms with Crippen molar-refractivity contribution in [3.63, 3.8) is 0 Å². The molecule has 12 heteroatoms. The molecule has 5 aromatic rings. The van der Waals surface area contributed by atoms with Gasteiger partial charge in [-0.05, 0) is 54.3 Å². The lowest BCUT2D eigenvalue weighted by atomic mass is 10.1. The number of thiazole rings is 1. The number of carbonyl (C=O) groups is 2. The lowest BCUT2D eigenvalue weighted by Crippen LogP contribution is -2.36. The molecule has 7 rings (SSSR count). The molecule has 0 unspecified atom stereocenters. The van der Waals surface area contributed by atoms with Crippen molar-refractivity contribution in [2.24, 2.45) is 0 Å². The number of aromatic amines is 1. The van der Waals surface area contributed by atoms with Gasteiger partial charge in [-0.25, -0.2) is 4.98 Å². The summed E-state index contributed by atoms with van der Waals surface area (Å²) in [5, 5.41) is 21.4. The Morgan fingerprint density at radius 3 is 2.67 bits per heavy atom. The third-order valence-corrected chi connectivity index (χ3v) is 8.53. The topological polar surface area (TPSA) is 141 Å². The second-order valence-electron chi connectivity index (χ2n) is 10.4. The average Bonchev–Trinajstić information content (AvgIpc) is 3.82. The lowest BCUT2D eigenvalue weighted by Gasteiger charge is -2.26. The van der Waals surface area contributed by atoms with Crippen molar-refractivity contribution in [1.29, 1.82) is 0 Å². The van der Waals surface area contributed by atoms with Gasteiger partial charge in [-0.3, -0.25) is 9.59 Å². The third-order valence-electron chi connectivity index (χ3n) is 7.61. The van der Waals surface area contributed by atoms with Gasteiger partial charge >= 0.3 is 0 Å². The first kappa shape index (κ1) is 26.0. The minimum absolute atomic E-state index is 0.140. The zero-order chi connectivity index (χ0) is 28.5. The molecule has 4 N–H and O–H groups in total. The normalized spacial score (nSPS) is 14.3. The number of H-pyrrole nitrogens is 1. The van der Waals surface area contributed by atoms with Gasteiger partial charge in [-0.15, -0.1) is 0 Å². The highest BCUT2D eigenvalue weighted by atomic mass is 32.1. The van der Waals surface area contributed by atoms with Crippen molar-refractivity contribution >= 4 is 39.7 Å². The maximum absolute atomic E-state index is 13.4. The van der Waals surface area contributed by atoms with E-state index >= 15 is 0 Å². The van der Waals surface area contributed by atoms with Gasteiger partial charge in [0.05, 0.1) is 42.6 Å². The molecule has 212 valence electrons. The van der Waals surface area contributed by atoms with Crippen LogP contribution in [0.25, 0.3) is 0 Å². The number of furan rings is 1. The van der Waals surface area contributed by atoms with E-state index in [9.17, 15) is 9.59 Å². The summed E-state index contributed by atoms with van der Waals surface area (Å²) in [6.07, 6.45) is 5.69. The monoisotopic (exact) mass is 580 g/mol. The summed E-state index contributed by atoms with van der Waals surface area (Å²) in [4.78, 5) is 33.5. The summed E-state index contributed by atoms with van der Waals surface area (Å²) in [5.74, 6) is 0.307. The van der Waals surface area contributed by atoms with Crippen LogP contribution < -0.4 is 16.0 Å². The predicted octanol–water partition coefficient (Wildman–Crippen LogP) is 4.50. The smallest absolute Gasteiger partial charge is 0.267 e. The van der Waals surface area contributed by atoms with Crippen molar-refractivity contribution in [2.75, 3.05) is 22.5 Å². The van der Waals surface area contributed by atoms with E-state index in [4.69, 9.17) is 4.42 Å². The molecule has 0 spiro atoms. The van der Waals surface area contributed by atoms with E-state index in [0.29, 0.717) is 53.0 Å². The number of carbonyl (C=O) groups excluding carboxylic acids is 2. The van der Waals surface area contributed by atoms with Crippen LogP contribution in [0, 0.1) is 0 Å². The molecule has 2 aromatic carbocycles. The van der Waals surface area contributed by atoms with Gasteiger partial charge in [0.2, 0.25) is 0 Å². The quantitative estimate of drug-likeness (QED) is 0.210. The van der Waals surface area contributed by atoms with E-state index in [1.54, 1.807) is 35.6 Å². The minimum atomic E-state index is -0.300. The van der Waals surface area contributed by atoms with Crippen molar-refractivity contribution < 1.29 is 14.0 Å². The number of benzene rings is 2. The zero-order valence-electron chi connectivity index (χ0n) is 22.6. The zero-order valence-corrected chi connectivity index (χ0v) is 23.4. The highest BCUT2D eigenvalue weighted by molar-refractivity contribution is 7.17. The second-order valence-corrected chi connectivity index (χ2v) is 11.4. The summed E-state index contributed by atoms with van der Waals surface area (Å²) in [7, 11) is 0. The van der Waals surface area contributed by atoms with Crippen molar-refractivity contribution in [3.05, 3.63) is 106 Å². The summed E-state index contributed by atoms with van der Waals surface area (Å²) >= 11 is 1.31. The van der Waals surface area contributed by atoms with Gasteiger partial charge < -0.3 is 25.3 Å². The van der Waals surface area contributed by atoms with E-state index in [0.717, 1.165) is 30.0 Å². The Balaban J connectivity index is 1.08. The highest BCUT2D eigenvalue weighted by Gasteiger charge is 2.26. The second kappa shape index (κ2) is 11.1. The molecule has 1 aliphatic carbocycles. The highest BCUT2D eigenvalue weighted by Crippen LogP contribution is 2.29. The molecule has 2 aliphatic rings. The molecule has 0 radical (unpaired) electrons. The van der Waals surface area contributed by atoms with Gasteiger partial charge in [0, 0.05) is 24.6 Å². The van der Waals surface area contributed by atoms with Crippen molar-refractivity contribution in [1.82, 2.24) is 25.3 Å². The van der Waals surface area contributed by atoms with Crippen LogP contribution in [0.5, 0.6) is 0 Å². The van der Waals surface area contributed by atoms with Crippen molar-refractivity contribution in [2.45, 2.75) is 38.4 Å². The van der Waals surface area contributed by atoms with Gasteiger partial charge in [0.15, 0.2) is 5.13 Å². The van der Waals surface area contributed by atoms with Crippen LogP contribution in [-0.2, 0) is 32.4 Å². The molecule has 11 nitrogen and oxygen atoms in total. The number of nitrogens with one attached hydrogen (secondary N) is 4. The van der Waals surface area contributed by atoms with Crippen molar-refractivity contribution in [3.8, 4) is 0 Å². The van der Waals surface area contributed by atoms with Crippen LogP contribution in [0.4, 0.5) is 16.5 Å². The molecule has 3 aromatic heterocycles. The molecular weight excluding hydrogens is 552 g/mol. The number of anilines is 3. The van der Waals surface area contributed by atoms with E-state index in [1.165, 1.54) is 22.5 Å². The fraction of sp³-hybridized carbons (Fsp3) is 0.233. The maximum atomic E-state index is 13.4. The predicted molar refractivity (Wildman–Crippen MR) is 159 cm³/mol. The Labute approximate surface area is 245 Å². The van der Waals surface area contributed by atoms with E-state index in [-0.39, 0.29) is 17.9 Å². The van der Waals surface area contributed by atoms with E-state index < -0.39 is 0 Å². The fourth-order valence-corrected chi connectivity index (χ4v) is 6.24. The molecule has 42 heavy (non-hydrogen) atoms. The number of aromatic nitrogens is 4. The van der Waals surface area contributed by atoms with Crippen LogP contribution in [-0.4, -0.2) is 49.7 Å². The first-order valence-electron chi connectivity index (χ1n) is 13.8. The number of fused-ring (bicyclic) bond motifs is 2. The maximum Gasteiger partial charge on any atom is 0.267 e. The van der Waals surface area contributed by atoms with Gasteiger partial charge in [0.25, 0.3) is 11.8 Å². The molecule has 2 amide bonds. The molecule has 0 saturated heterocycles. The molecular formula is C30H28N8O3S. The molecule has 0 bridgehead atoms. The fourth-order valence-electron chi connectivity index (χ4n) is 5.45. The summed E-state index contributed by atoms with van der Waals surface area (Å²) < 4.78 is 5.45. The van der Waals surface area contributed by atoms with Crippen LogP contribution in [0.1, 0.15) is 48.3 Å². The van der Waals surface area contributed by atoms with Crippen LogP contribution in [0.3, 0.4) is 0 Å². The van der Waals surface area contributed by atoms with Gasteiger partial charge in [-0.2, -0.15) is 15.4 Å². The Morgan fingerprint density at radius 2 is 1.86 bits per heavy atom. The number of hydrogen-bond donors (Lipinski definition) is 4. The third kappa shape index (κ3) is 5.36. The molecule has 1 aliphatic heterocycles. The Bertz CT molecular complexity index is 1720. The first-order chi connectivity index (χ1) is 20.6. The summed E-state index contributed by atoms with van der Waals surface area (Å²) in [6, 6.07) is 17.6. The molecule has 0 fully saturated rings. The number of amides is 2. The van der Waals surface area contributed by atoms with Crippen LogP contribution >= 0.6 is 11.3 Å². The van der Waals surface area contributed by atoms with Gasteiger partial charge in [-0.1, -0.05) is 35.6 Å². The first-order valence-corrected chi connectivity index (χ1v) is 14.6. The van der Waals surface area contributed by atoms with Gasteiger partial charge in [0.1, 0.15) is 16.3 Å². The van der Waals surface area contributed by atoms with E-state index in [1.807, 2.05) is 12.1 Å². The summed E-state index contributed by atoms with van der Waals surface area (Å²) in [6.45, 7) is 1.34. The Kier molecular flexibility index (Phi) is 6.88. The Morgan fingerprint density at radius 1 is 1.02 bits per heavy atom. The summed E-state index contributed by atoms with van der Waals surface area (Å²) in [5.41, 5.74) is 5.98. The SMILES string of the molecule is O=C(Nc1cc(C(=O)N2CCc3n[nH]nc3C2)ccc1NCc1ccco1)c1cnc(NC2Cc3ccccc3C2)s1. The average molecular weight is 581 g/mol. The standard InChI is InChI=1S/C30H28N8O3S/c39-28(27-16-32-30(42-27)33-21-12-18-4-1-2-5-19(18)13-21)34-25-14-20(7-8-23(25)31-15-22-6-3-11-41-22)29(40)38-10-9-24-26(17-38)36-37-35-24/h1-8,11,14,16,21,31H,9-10,12-13,15,17H2,(H,32,33)(H,34,39)(H,35,36,37). The van der Waals surface area contributed by atoms with Crippen LogP contribution in [0.15, 0.2) is 71.5 Å². The van der Waals surface area contributed by atoms with Crippen LogP contribution in [0.2, 0.25) is 0 Å². The molecule has 4 heterocycles. The molecule has 0 atom stereocenters. The number of rotatable bonds is 8. The minimum Gasteiger partial charge on any atom is -0.467 e. The Hall–Kier alpha value is -4.97. The van der Waals surface area contributed by atoms with E-state index in [2.05, 4.69) is 60.6 Å². The lowest BCUT2D eigenvalue weighted by molar-refractivity contribution is 0.0731. The largest absolute Gasteiger partial charge is 0.467 e. The molecule has 0 saturated carbocycles.